The molecular weight excluding hydrogens is 200 g/mol. The Morgan fingerprint density at radius 2 is 2.00 bits per heavy atom. The van der Waals surface area contributed by atoms with Gasteiger partial charge in [0.05, 0.1) is 0 Å². The van der Waals surface area contributed by atoms with Gasteiger partial charge in [-0.15, -0.1) is 0 Å². The van der Waals surface area contributed by atoms with Gasteiger partial charge in [-0.05, 0) is 18.8 Å². The second-order valence-electron chi connectivity index (χ2n) is 4.48. The lowest BCUT2D eigenvalue weighted by Gasteiger charge is -2.12. The molecule has 0 aromatic heterocycles. The molecule has 0 N–H and O–H groups in total. The maximum atomic E-state index is 11.9. The van der Waals surface area contributed by atoms with Gasteiger partial charge in [0.1, 0.15) is 6.29 Å². The Morgan fingerprint density at radius 3 is 2.69 bits per heavy atom. The maximum absolute atomic E-state index is 11.9. The fraction of sp³-hybridized carbons (Fsp3) is 0.429. The quantitative estimate of drug-likeness (QED) is 0.573. The zero-order chi connectivity index (χ0) is 11.4. The monoisotopic (exact) mass is 216 g/mol. The van der Waals surface area contributed by atoms with E-state index in [0.717, 1.165) is 31.1 Å². The minimum atomic E-state index is 0.104. The first-order valence-electron chi connectivity index (χ1n) is 5.85. The van der Waals surface area contributed by atoms with Crippen LogP contribution in [0.25, 0.3) is 0 Å². The lowest BCUT2D eigenvalue weighted by Crippen LogP contribution is -2.14. The first kappa shape index (κ1) is 11.1. The number of aldehydes is 1. The van der Waals surface area contributed by atoms with Crippen molar-refractivity contribution in [3.05, 3.63) is 35.9 Å². The van der Waals surface area contributed by atoms with E-state index in [9.17, 15) is 9.59 Å². The van der Waals surface area contributed by atoms with Gasteiger partial charge in [-0.25, -0.2) is 0 Å². The van der Waals surface area contributed by atoms with Crippen LogP contribution >= 0.6 is 0 Å². The Balaban J connectivity index is 2.00. The van der Waals surface area contributed by atoms with E-state index < -0.39 is 0 Å². The lowest BCUT2D eigenvalue weighted by atomic mass is 9.90. The Kier molecular flexibility index (Phi) is 3.50. The molecular formula is C14H16O2. The molecule has 84 valence electrons. The van der Waals surface area contributed by atoms with E-state index in [2.05, 4.69) is 0 Å². The molecule has 0 saturated heterocycles. The molecule has 1 aliphatic carbocycles. The third-order valence-corrected chi connectivity index (χ3v) is 3.44. The standard InChI is InChI=1S/C14H16O2/c15-10-13-8-4-7-12(13)9-14(16)11-5-2-1-3-6-11/h1-3,5-6,10,12-13H,4,7-9H2/t12-,13+/m1/s1. The summed E-state index contributed by atoms with van der Waals surface area (Å²) in [6, 6.07) is 9.33. The van der Waals surface area contributed by atoms with Crippen molar-refractivity contribution < 1.29 is 9.59 Å². The van der Waals surface area contributed by atoms with Gasteiger partial charge in [-0.3, -0.25) is 4.79 Å². The van der Waals surface area contributed by atoms with Gasteiger partial charge in [0.15, 0.2) is 5.78 Å². The van der Waals surface area contributed by atoms with Crippen molar-refractivity contribution >= 4 is 12.1 Å². The maximum Gasteiger partial charge on any atom is 0.163 e. The van der Waals surface area contributed by atoms with E-state index in [1.54, 1.807) is 0 Å². The predicted octanol–water partition coefficient (Wildman–Crippen LogP) is 2.87. The fourth-order valence-electron chi connectivity index (χ4n) is 2.48. The number of carbonyl (C=O) groups is 2. The number of ketones is 1. The van der Waals surface area contributed by atoms with Crippen LogP contribution in [-0.4, -0.2) is 12.1 Å². The molecule has 0 bridgehead atoms. The van der Waals surface area contributed by atoms with Crippen molar-refractivity contribution in [2.24, 2.45) is 11.8 Å². The molecule has 16 heavy (non-hydrogen) atoms. The molecule has 0 unspecified atom stereocenters. The van der Waals surface area contributed by atoms with Crippen LogP contribution < -0.4 is 0 Å². The number of carbonyl (C=O) groups excluding carboxylic acids is 2. The molecule has 2 nitrogen and oxygen atoms in total. The zero-order valence-electron chi connectivity index (χ0n) is 9.26. The summed E-state index contributed by atoms with van der Waals surface area (Å²) in [5.74, 6) is 0.539. The second kappa shape index (κ2) is 5.06. The van der Waals surface area contributed by atoms with Crippen LogP contribution in [0.15, 0.2) is 30.3 Å². The van der Waals surface area contributed by atoms with E-state index in [4.69, 9.17) is 0 Å². The van der Waals surface area contributed by atoms with Crippen LogP contribution in [-0.2, 0) is 4.79 Å². The van der Waals surface area contributed by atoms with Gasteiger partial charge >= 0.3 is 0 Å². The fourth-order valence-corrected chi connectivity index (χ4v) is 2.48. The molecule has 2 rings (SSSR count). The first-order chi connectivity index (χ1) is 7.81. The summed E-state index contributed by atoms with van der Waals surface area (Å²) >= 11 is 0. The second-order valence-corrected chi connectivity index (χ2v) is 4.48. The van der Waals surface area contributed by atoms with Gasteiger partial charge in [0, 0.05) is 17.9 Å². The molecule has 2 atom stereocenters. The molecule has 1 aliphatic rings. The minimum Gasteiger partial charge on any atom is -0.303 e. The van der Waals surface area contributed by atoms with Gasteiger partial charge in [0.2, 0.25) is 0 Å². The highest BCUT2D eigenvalue weighted by atomic mass is 16.1. The van der Waals surface area contributed by atoms with Gasteiger partial charge in [-0.1, -0.05) is 36.8 Å². The van der Waals surface area contributed by atoms with Crippen LogP contribution in [0.5, 0.6) is 0 Å². The number of benzene rings is 1. The predicted molar refractivity (Wildman–Crippen MR) is 62.3 cm³/mol. The summed E-state index contributed by atoms with van der Waals surface area (Å²) in [7, 11) is 0. The highest BCUT2D eigenvalue weighted by molar-refractivity contribution is 5.96. The lowest BCUT2D eigenvalue weighted by molar-refractivity contribution is -0.111. The summed E-state index contributed by atoms with van der Waals surface area (Å²) in [6.45, 7) is 0. The van der Waals surface area contributed by atoms with Gasteiger partial charge < -0.3 is 4.79 Å². The summed E-state index contributed by atoms with van der Waals surface area (Å²) in [5.41, 5.74) is 0.763. The topological polar surface area (TPSA) is 34.1 Å². The molecule has 1 aromatic carbocycles. The van der Waals surface area contributed by atoms with Crippen LogP contribution in [0, 0.1) is 11.8 Å². The zero-order valence-corrected chi connectivity index (χ0v) is 9.26. The third kappa shape index (κ3) is 2.38. The van der Waals surface area contributed by atoms with Gasteiger partial charge in [0.25, 0.3) is 0 Å². The smallest absolute Gasteiger partial charge is 0.163 e. The summed E-state index contributed by atoms with van der Waals surface area (Å²) in [4.78, 5) is 22.8. The van der Waals surface area contributed by atoms with Crippen molar-refractivity contribution in [3.8, 4) is 0 Å². The molecule has 0 aliphatic heterocycles. The van der Waals surface area contributed by atoms with Gasteiger partial charge in [-0.2, -0.15) is 0 Å². The van der Waals surface area contributed by atoms with Crippen LogP contribution in [0.1, 0.15) is 36.0 Å². The first-order valence-corrected chi connectivity index (χ1v) is 5.85. The number of rotatable bonds is 4. The number of hydrogen-bond acceptors (Lipinski definition) is 2. The van der Waals surface area contributed by atoms with E-state index in [1.807, 2.05) is 30.3 Å². The molecule has 1 fully saturated rings. The van der Waals surface area contributed by atoms with Crippen molar-refractivity contribution in [2.45, 2.75) is 25.7 Å². The Labute approximate surface area is 95.7 Å². The Hall–Kier alpha value is -1.44. The molecule has 1 aromatic rings. The normalized spacial score (nSPS) is 24.2. The molecule has 0 spiro atoms. The largest absolute Gasteiger partial charge is 0.303 e. The minimum absolute atomic E-state index is 0.104. The van der Waals surface area contributed by atoms with E-state index in [-0.39, 0.29) is 17.6 Å². The van der Waals surface area contributed by atoms with Crippen molar-refractivity contribution in [2.75, 3.05) is 0 Å². The Morgan fingerprint density at radius 1 is 1.25 bits per heavy atom. The highest BCUT2D eigenvalue weighted by Crippen LogP contribution is 2.33. The molecule has 2 heteroatoms. The average Bonchev–Trinajstić information content (AvgIpc) is 2.77. The molecule has 0 radical (unpaired) electrons. The van der Waals surface area contributed by atoms with E-state index in [0.29, 0.717) is 6.42 Å². The van der Waals surface area contributed by atoms with Crippen molar-refractivity contribution in [3.63, 3.8) is 0 Å². The number of Topliss-reactive ketones (excluding diaryl/α,β-unsaturated/α-hetero) is 1. The SMILES string of the molecule is O=C[C@@H]1CCC[C@@H]1CC(=O)c1ccccc1. The summed E-state index contributed by atoms with van der Waals surface area (Å²) < 4.78 is 0. The van der Waals surface area contributed by atoms with Crippen LogP contribution in [0.2, 0.25) is 0 Å². The Bertz CT molecular complexity index is 370. The average molecular weight is 216 g/mol. The van der Waals surface area contributed by atoms with E-state index >= 15 is 0 Å². The van der Waals surface area contributed by atoms with Crippen LogP contribution in [0.3, 0.4) is 0 Å². The molecule has 0 amide bonds. The summed E-state index contributed by atoms with van der Waals surface area (Å²) in [5, 5.41) is 0. The van der Waals surface area contributed by atoms with Crippen LogP contribution in [0.4, 0.5) is 0 Å². The van der Waals surface area contributed by atoms with Crippen molar-refractivity contribution in [1.29, 1.82) is 0 Å². The highest BCUT2D eigenvalue weighted by Gasteiger charge is 2.28. The molecule has 1 saturated carbocycles. The van der Waals surface area contributed by atoms with E-state index in [1.165, 1.54) is 0 Å². The van der Waals surface area contributed by atoms with Crippen molar-refractivity contribution in [1.82, 2.24) is 0 Å². The third-order valence-electron chi connectivity index (χ3n) is 3.44. The molecule has 0 heterocycles. The summed E-state index contributed by atoms with van der Waals surface area (Å²) in [6.07, 6.45) is 4.59. The number of hydrogen-bond donors (Lipinski definition) is 0.